The Kier molecular flexibility index (Phi) is 3.08. The number of rotatable bonds is 2. The first-order valence-corrected chi connectivity index (χ1v) is 5.87. The van der Waals surface area contributed by atoms with Crippen LogP contribution in [0.3, 0.4) is 0 Å². The predicted molar refractivity (Wildman–Crippen MR) is 66.8 cm³/mol. The SMILES string of the molecule is Cc1ccc[n+](NC(=S)c2cccs2)c1. The lowest BCUT2D eigenvalue weighted by atomic mass is 10.3. The van der Waals surface area contributed by atoms with E-state index in [2.05, 4.69) is 5.43 Å². The molecule has 0 aliphatic heterocycles. The highest BCUT2D eigenvalue weighted by atomic mass is 32.1. The van der Waals surface area contributed by atoms with E-state index in [1.807, 2.05) is 53.6 Å². The second-order valence-electron chi connectivity index (χ2n) is 3.21. The van der Waals surface area contributed by atoms with Crippen LogP contribution in [-0.2, 0) is 0 Å². The summed E-state index contributed by atoms with van der Waals surface area (Å²) in [5, 5.41) is 2.02. The van der Waals surface area contributed by atoms with Crippen molar-refractivity contribution in [3.05, 3.63) is 52.5 Å². The van der Waals surface area contributed by atoms with Gasteiger partial charge in [-0.2, -0.15) is 0 Å². The van der Waals surface area contributed by atoms with Gasteiger partial charge in [0.15, 0.2) is 11.2 Å². The Labute approximate surface area is 98.2 Å². The molecule has 0 unspecified atom stereocenters. The van der Waals surface area contributed by atoms with Gasteiger partial charge < -0.3 is 0 Å². The van der Waals surface area contributed by atoms with Gasteiger partial charge in [0, 0.05) is 11.6 Å². The molecule has 2 aromatic rings. The molecule has 0 spiro atoms. The summed E-state index contributed by atoms with van der Waals surface area (Å²) in [4.78, 5) is 1.83. The van der Waals surface area contributed by atoms with Crippen molar-refractivity contribution in [3.8, 4) is 0 Å². The van der Waals surface area contributed by atoms with Crippen molar-refractivity contribution in [2.24, 2.45) is 0 Å². The maximum absolute atomic E-state index is 5.28. The minimum atomic E-state index is 0.751. The highest BCUT2D eigenvalue weighted by Crippen LogP contribution is 2.08. The molecule has 0 fully saturated rings. The van der Waals surface area contributed by atoms with Crippen LogP contribution in [0.1, 0.15) is 10.4 Å². The molecule has 2 nitrogen and oxygen atoms in total. The summed E-state index contributed by atoms with van der Waals surface area (Å²) in [5.41, 5.74) is 4.34. The fourth-order valence-corrected chi connectivity index (χ4v) is 2.17. The van der Waals surface area contributed by atoms with E-state index in [0.29, 0.717) is 0 Å². The maximum Gasteiger partial charge on any atom is 0.202 e. The minimum Gasteiger partial charge on any atom is -0.148 e. The second kappa shape index (κ2) is 4.51. The van der Waals surface area contributed by atoms with Crippen molar-refractivity contribution in [2.45, 2.75) is 6.92 Å². The van der Waals surface area contributed by atoms with Gasteiger partial charge in [-0.15, -0.1) is 16.8 Å². The maximum atomic E-state index is 5.28. The van der Waals surface area contributed by atoms with Crippen LogP contribution in [0.4, 0.5) is 0 Å². The lowest BCUT2D eigenvalue weighted by Gasteiger charge is -1.99. The number of aryl methyl sites for hydroxylation is 1. The Morgan fingerprint density at radius 2 is 2.27 bits per heavy atom. The number of aromatic nitrogens is 1. The molecule has 0 saturated heterocycles. The van der Waals surface area contributed by atoms with Gasteiger partial charge in [-0.1, -0.05) is 23.0 Å². The van der Waals surface area contributed by atoms with Crippen LogP contribution in [0.25, 0.3) is 0 Å². The van der Waals surface area contributed by atoms with Crippen LogP contribution in [0, 0.1) is 6.92 Å². The third-order valence-electron chi connectivity index (χ3n) is 1.92. The van der Waals surface area contributed by atoms with Crippen molar-refractivity contribution in [2.75, 3.05) is 5.43 Å². The molecule has 2 aromatic heterocycles. The monoisotopic (exact) mass is 235 g/mol. The summed E-state index contributed by atoms with van der Waals surface area (Å²) >= 11 is 6.92. The van der Waals surface area contributed by atoms with E-state index in [4.69, 9.17) is 12.2 Å². The Balaban J connectivity index is 2.13. The van der Waals surface area contributed by atoms with Crippen molar-refractivity contribution >= 4 is 28.5 Å². The van der Waals surface area contributed by atoms with Gasteiger partial charge in [-0.3, -0.25) is 0 Å². The van der Waals surface area contributed by atoms with Crippen molar-refractivity contribution in [3.63, 3.8) is 0 Å². The first-order valence-electron chi connectivity index (χ1n) is 4.58. The molecule has 0 bridgehead atoms. The number of pyridine rings is 1. The molecule has 0 amide bonds. The van der Waals surface area contributed by atoms with Crippen LogP contribution in [0.15, 0.2) is 42.0 Å². The van der Waals surface area contributed by atoms with Gasteiger partial charge in [0.25, 0.3) is 0 Å². The van der Waals surface area contributed by atoms with Gasteiger partial charge in [0.05, 0.1) is 4.88 Å². The van der Waals surface area contributed by atoms with E-state index in [9.17, 15) is 0 Å². The first kappa shape index (κ1) is 10.3. The first-order chi connectivity index (χ1) is 7.25. The zero-order valence-electron chi connectivity index (χ0n) is 8.31. The molecule has 2 heterocycles. The Hall–Kier alpha value is -1.26. The highest BCUT2D eigenvalue weighted by Gasteiger charge is 2.06. The van der Waals surface area contributed by atoms with Crippen LogP contribution in [-0.4, -0.2) is 4.99 Å². The smallest absolute Gasteiger partial charge is 0.148 e. The van der Waals surface area contributed by atoms with Crippen molar-refractivity contribution in [1.29, 1.82) is 0 Å². The number of hydrogen-bond donors (Lipinski definition) is 1. The quantitative estimate of drug-likeness (QED) is 0.635. The molecule has 0 aliphatic rings. The molecule has 0 atom stereocenters. The Bertz CT molecular complexity index is 463. The fraction of sp³-hybridized carbons (Fsp3) is 0.0909. The van der Waals surface area contributed by atoms with E-state index in [-0.39, 0.29) is 0 Å². The molecule has 1 N–H and O–H groups in total. The van der Waals surface area contributed by atoms with Gasteiger partial charge in [0.2, 0.25) is 6.20 Å². The van der Waals surface area contributed by atoms with E-state index in [1.165, 1.54) is 5.56 Å². The third kappa shape index (κ3) is 2.61. The summed E-state index contributed by atoms with van der Waals surface area (Å²) in [5.74, 6) is 0. The molecule has 76 valence electrons. The van der Waals surface area contributed by atoms with E-state index >= 15 is 0 Å². The van der Waals surface area contributed by atoms with Crippen LogP contribution in [0.5, 0.6) is 0 Å². The normalized spacial score (nSPS) is 9.93. The zero-order chi connectivity index (χ0) is 10.7. The summed E-state index contributed by atoms with van der Waals surface area (Å²) in [6.45, 7) is 2.05. The molecule has 0 aromatic carbocycles. The van der Waals surface area contributed by atoms with Gasteiger partial charge in [-0.05, 0) is 24.4 Å². The molecular weight excluding hydrogens is 224 g/mol. The largest absolute Gasteiger partial charge is 0.202 e. The van der Waals surface area contributed by atoms with Crippen LogP contribution in [0.2, 0.25) is 0 Å². The predicted octanol–water partition coefficient (Wildman–Crippen LogP) is 2.26. The Morgan fingerprint density at radius 1 is 1.40 bits per heavy atom. The van der Waals surface area contributed by atoms with Crippen molar-refractivity contribution in [1.82, 2.24) is 0 Å². The number of thiophene rings is 1. The average Bonchev–Trinajstić information content (AvgIpc) is 2.70. The highest BCUT2D eigenvalue weighted by molar-refractivity contribution is 7.81. The van der Waals surface area contributed by atoms with Gasteiger partial charge in [-0.25, -0.2) is 0 Å². The number of hydrogen-bond acceptors (Lipinski definition) is 2. The van der Waals surface area contributed by atoms with E-state index in [0.717, 1.165) is 9.87 Å². The lowest BCUT2D eigenvalue weighted by Crippen LogP contribution is -2.47. The molecule has 0 radical (unpaired) electrons. The number of thiocarbonyl (C=S) groups is 1. The molecule has 0 aliphatic carbocycles. The second-order valence-corrected chi connectivity index (χ2v) is 4.56. The molecule has 2 rings (SSSR count). The zero-order valence-corrected chi connectivity index (χ0v) is 9.94. The average molecular weight is 235 g/mol. The minimum absolute atomic E-state index is 0.751. The van der Waals surface area contributed by atoms with Crippen LogP contribution >= 0.6 is 23.6 Å². The molecule has 15 heavy (non-hydrogen) atoms. The summed E-state index contributed by atoms with van der Waals surface area (Å²) in [7, 11) is 0. The van der Waals surface area contributed by atoms with E-state index in [1.54, 1.807) is 11.3 Å². The molecular formula is C11H11N2S2+. The van der Waals surface area contributed by atoms with Gasteiger partial charge >= 0.3 is 0 Å². The standard InChI is InChI=1S/C11H10N2S2/c1-9-4-2-6-13(8-9)12-11(14)10-5-3-7-15-10/h2-8H,1H3/p+1. The number of nitrogens with zero attached hydrogens (tertiary/aromatic N) is 1. The number of nitrogens with one attached hydrogen (secondary N) is 1. The molecule has 0 saturated carbocycles. The van der Waals surface area contributed by atoms with Crippen molar-refractivity contribution < 1.29 is 4.68 Å². The van der Waals surface area contributed by atoms with E-state index < -0.39 is 0 Å². The third-order valence-corrected chi connectivity index (χ3v) is 3.25. The fourth-order valence-electron chi connectivity index (χ4n) is 1.24. The Morgan fingerprint density at radius 3 is 2.93 bits per heavy atom. The summed E-state index contributed by atoms with van der Waals surface area (Å²) in [6, 6.07) is 8.04. The summed E-state index contributed by atoms with van der Waals surface area (Å²) < 4.78 is 1.87. The molecule has 4 heteroatoms. The lowest BCUT2D eigenvalue weighted by molar-refractivity contribution is -0.640. The van der Waals surface area contributed by atoms with Crippen LogP contribution < -0.4 is 10.1 Å². The van der Waals surface area contributed by atoms with Gasteiger partial charge in [0.1, 0.15) is 0 Å². The summed E-state index contributed by atoms with van der Waals surface area (Å²) in [6.07, 6.45) is 3.94. The topological polar surface area (TPSA) is 15.9 Å².